The molecule has 0 aliphatic rings. The fourth-order valence-corrected chi connectivity index (χ4v) is 2.47. The fourth-order valence-electron chi connectivity index (χ4n) is 2.47. The summed E-state index contributed by atoms with van der Waals surface area (Å²) in [4.78, 5) is 4.53. The molecule has 0 saturated carbocycles. The molecule has 3 rings (SSSR count). The maximum atomic E-state index is 12.9. The van der Waals surface area contributed by atoms with Crippen LogP contribution in [0.3, 0.4) is 0 Å². The number of pyridine rings is 1. The Kier molecular flexibility index (Phi) is 2.89. The summed E-state index contributed by atoms with van der Waals surface area (Å²) in [6.07, 6.45) is -3.64. The lowest BCUT2D eigenvalue weighted by Gasteiger charge is -2.12. The van der Waals surface area contributed by atoms with Gasteiger partial charge in [-0.25, -0.2) is 0 Å². The average molecular weight is 275 g/mol. The highest BCUT2D eigenvalue weighted by molar-refractivity contribution is 6.06. The van der Waals surface area contributed by atoms with Crippen LogP contribution in [0, 0.1) is 0 Å². The molecule has 0 aliphatic heterocycles. The molecule has 0 aliphatic carbocycles. The van der Waals surface area contributed by atoms with Crippen molar-refractivity contribution < 1.29 is 13.2 Å². The van der Waals surface area contributed by atoms with Gasteiger partial charge in [-0.3, -0.25) is 4.98 Å². The van der Waals surface area contributed by atoms with Gasteiger partial charge in [0, 0.05) is 16.5 Å². The van der Waals surface area contributed by atoms with Crippen LogP contribution < -0.4 is 0 Å². The number of hydrogen-bond acceptors (Lipinski definition) is 1. The molecular formula is C16H12F3N. The Balaban J connectivity index is 2.45. The van der Waals surface area contributed by atoms with Gasteiger partial charge < -0.3 is 0 Å². The lowest BCUT2D eigenvalue weighted by Crippen LogP contribution is -2.05. The summed E-state index contributed by atoms with van der Waals surface area (Å²) in [5.41, 5.74) is 0.937. The molecule has 0 bridgehead atoms. The first-order valence-corrected chi connectivity index (χ1v) is 6.39. The van der Waals surface area contributed by atoms with Gasteiger partial charge in [0.1, 0.15) is 0 Å². The summed E-state index contributed by atoms with van der Waals surface area (Å²) in [5.74, 6) is 0. The Bertz CT molecular complexity index is 791. The van der Waals surface area contributed by atoms with Crippen LogP contribution in [0.1, 0.15) is 18.2 Å². The second-order valence-electron chi connectivity index (χ2n) is 4.69. The van der Waals surface area contributed by atoms with Crippen molar-refractivity contribution in [3.63, 3.8) is 0 Å². The molecule has 2 aromatic carbocycles. The lowest BCUT2D eigenvalue weighted by atomic mass is 10.0. The Morgan fingerprint density at radius 3 is 2.40 bits per heavy atom. The molecule has 1 nitrogen and oxygen atoms in total. The summed E-state index contributed by atoms with van der Waals surface area (Å²) in [5, 5.41) is 2.16. The molecule has 0 radical (unpaired) electrons. The van der Waals surface area contributed by atoms with E-state index in [-0.39, 0.29) is 0 Å². The van der Waals surface area contributed by atoms with E-state index in [0.29, 0.717) is 11.8 Å². The first kappa shape index (κ1) is 12.9. The minimum absolute atomic E-state index is 0.613. The van der Waals surface area contributed by atoms with Crippen LogP contribution in [0.5, 0.6) is 0 Å². The summed E-state index contributed by atoms with van der Waals surface area (Å²) in [7, 11) is 0. The third-order valence-electron chi connectivity index (χ3n) is 3.44. The minimum Gasteiger partial charge on any atom is -0.252 e. The molecular weight excluding hydrogens is 263 g/mol. The molecule has 0 amide bonds. The molecule has 0 unspecified atom stereocenters. The summed E-state index contributed by atoms with van der Waals surface area (Å²) in [6.45, 7) is 1.95. The van der Waals surface area contributed by atoms with Crippen molar-refractivity contribution in [2.45, 2.75) is 19.5 Å². The first-order chi connectivity index (χ1) is 9.50. The zero-order chi connectivity index (χ0) is 14.3. The topological polar surface area (TPSA) is 12.9 Å². The van der Waals surface area contributed by atoms with Gasteiger partial charge in [0.2, 0.25) is 0 Å². The van der Waals surface area contributed by atoms with Crippen molar-refractivity contribution in [1.82, 2.24) is 4.98 Å². The molecule has 102 valence electrons. The Labute approximate surface area is 114 Å². The van der Waals surface area contributed by atoms with E-state index in [1.165, 1.54) is 12.1 Å². The van der Waals surface area contributed by atoms with E-state index in [2.05, 4.69) is 4.98 Å². The van der Waals surface area contributed by atoms with E-state index in [1.807, 2.05) is 31.2 Å². The molecule has 20 heavy (non-hydrogen) atoms. The van der Waals surface area contributed by atoms with Gasteiger partial charge >= 0.3 is 6.18 Å². The highest BCUT2D eigenvalue weighted by Gasteiger charge is 2.30. The molecule has 0 atom stereocenters. The molecule has 0 spiro atoms. The largest absolute Gasteiger partial charge is 0.416 e. The van der Waals surface area contributed by atoms with E-state index in [0.717, 1.165) is 28.0 Å². The molecule has 1 aromatic heterocycles. The van der Waals surface area contributed by atoms with Crippen molar-refractivity contribution in [2.24, 2.45) is 0 Å². The minimum atomic E-state index is -4.33. The number of aromatic nitrogens is 1. The molecule has 4 heteroatoms. The normalized spacial score (nSPS) is 12.2. The summed E-state index contributed by atoms with van der Waals surface area (Å²) in [6, 6.07) is 11.2. The Morgan fingerprint density at radius 2 is 1.70 bits per heavy atom. The van der Waals surface area contributed by atoms with Crippen LogP contribution in [-0.4, -0.2) is 4.98 Å². The number of nitrogens with zero attached hydrogens (tertiary/aromatic N) is 1. The van der Waals surface area contributed by atoms with Gasteiger partial charge in [0.05, 0.1) is 11.1 Å². The van der Waals surface area contributed by atoms with Crippen molar-refractivity contribution in [3.05, 3.63) is 53.7 Å². The molecule has 0 saturated heterocycles. The standard InChI is InChI=1S/C16H12F3N/c1-2-14-12-8-7-10(16(17,18)19)9-13(12)11-5-3-4-6-15(11)20-14/h3-9H,2H2,1H3. The second kappa shape index (κ2) is 4.47. The fraction of sp³-hybridized carbons (Fsp3) is 0.188. The van der Waals surface area contributed by atoms with Crippen LogP contribution in [0.15, 0.2) is 42.5 Å². The van der Waals surface area contributed by atoms with Crippen molar-refractivity contribution in [3.8, 4) is 0 Å². The van der Waals surface area contributed by atoms with E-state index in [9.17, 15) is 13.2 Å². The molecule has 0 N–H and O–H groups in total. The van der Waals surface area contributed by atoms with E-state index >= 15 is 0 Å². The van der Waals surface area contributed by atoms with Crippen LogP contribution in [0.25, 0.3) is 21.7 Å². The molecule has 1 heterocycles. The van der Waals surface area contributed by atoms with Gasteiger partial charge in [0.25, 0.3) is 0 Å². The Morgan fingerprint density at radius 1 is 0.950 bits per heavy atom. The Hall–Kier alpha value is -2.10. The summed E-state index contributed by atoms with van der Waals surface area (Å²) >= 11 is 0. The first-order valence-electron chi connectivity index (χ1n) is 6.39. The SMILES string of the molecule is CCc1nc2ccccc2c2cc(C(F)(F)F)ccc12. The van der Waals surface area contributed by atoms with E-state index < -0.39 is 11.7 Å². The lowest BCUT2D eigenvalue weighted by molar-refractivity contribution is -0.137. The average Bonchev–Trinajstić information content (AvgIpc) is 2.44. The number of halogens is 3. The number of alkyl halides is 3. The van der Waals surface area contributed by atoms with E-state index in [4.69, 9.17) is 0 Å². The van der Waals surface area contributed by atoms with Crippen molar-refractivity contribution >= 4 is 21.7 Å². The predicted octanol–water partition coefficient (Wildman–Crippen LogP) is 4.97. The molecule has 0 fully saturated rings. The van der Waals surface area contributed by atoms with Crippen LogP contribution >= 0.6 is 0 Å². The van der Waals surface area contributed by atoms with Crippen LogP contribution in [-0.2, 0) is 12.6 Å². The number of rotatable bonds is 1. The van der Waals surface area contributed by atoms with Gasteiger partial charge in [-0.15, -0.1) is 0 Å². The van der Waals surface area contributed by atoms with Crippen molar-refractivity contribution in [1.29, 1.82) is 0 Å². The monoisotopic (exact) mass is 275 g/mol. The van der Waals surface area contributed by atoms with Gasteiger partial charge in [-0.2, -0.15) is 13.2 Å². The quantitative estimate of drug-likeness (QED) is 0.571. The maximum Gasteiger partial charge on any atom is 0.416 e. The maximum absolute atomic E-state index is 12.9. The summed E-state index contributed by atoms with van der Waals surface area (Å²) < 4.78 is 38.6. The third kappa shape index (κ3) is 2.01. The van der Waals surface area contributed by atoms with Gasteiger partial charge in [-0.05, 0) is 30.0 Å². The number of fused-ring (bicyclic) bond motifs is 3. The zero-order valence-electron chi connectivity index (χ0n) is 10.8. The highest BCUT2D eigenvalue weighted by Crippen LogP contribution is 2.34. The van der Waals surface area contributed by atoms with Crippen LogP contribution in [0.4, 0.5) is 13.2 Å². The zero-order valence-corrected chi connectivity index (χ0v) is 10.8. The van der Waals surface area contributed by atoms with Gasteiger partial charge in [-0.1, -0.05) is 31.2 Å². The number of aryl methyl sites for hydroxylation is 1. The number of benzene rings is 2. The third-order valence-corrected chi connectivity index (χ3v) is 3.44. The van der Waals surface area contributed by atoms with Gasteiger partial charge in [0.15, 0.2) is 0 Å². The van der Waals surface area contributed by atoms with E-state index in [1.54, 1.807) is 0 Å². The van der Waals surface area contributed by atoms with Crippen LogP contribution in [0.2, 0.25) is 0 Å². The highest BCUT2D eigenvalue weighted by atomic mass is 19.4. The molecule has 3 aromatic rings. The predicted molar refractivity (Wildman–Crippen MR) is 73.6 cm³/mol. The number of para-hydroxylation sites is 1. The smallest absolute Gasteiger partial charge is 0.252 e. The second-order valence-corrected chi connectivity index (χ2v) is 4.69. The number of hydrogen-bond donors (Lipinski definition) is 0. The van der Waals surface area contributed by atoms with Crippen molar-refractivity contribution in [2.75, 3.05) is 0 Å².